The summed E-state index contributed by atoms with van der Waals surface area (Å²) in [6.45, 7) is 3.38. The number of anilines is 2. The average Bonchev–Trinajstić information content (AvgIpc) is 2.48. The molecule has 1 aromatic heterocycles. The molecule has 0 unspecified atom stereocenters. The lowest BCUT2D eigenvalue weighted by Crippen LogP contribution is -2.19. The summed E-state index contributed by atoms with van der Waals surface area (Å²) in [6, 6.07) is 7.82. The molecule has 1 heterocycles. The van der Waals surface area contributed by atoms with Crippen LogP contribution in [0.1, 0.15) is 18.9 Å². The predicted molar refractivity (Wildman–Crippen MR) is 80.8 cm³/mol. The maximum atomic E-state index is 5.96. The van der Waals surface area contributed by atoms with Gasteiger partial charge in [0.05, 0.1) is 19.0 Å². The molecule has 2 rings (SSSR count). The number of hydrogen-bond acceptors (Lipinski definition) is 5. The van der Waals surface area contributed by atoms with E-state index in [1.807, 2.05) is 36.2 Å². The summed E-state index contributed by atoms with van der Waals surface area (Å²) in [7, 11) is 1.96. The maximum Gasteiger partial charge on any atom is 0.234 e. The lowest BCUT2D eigenvalue weighted by molar-refractivity contribution is 0.304. The third-order valence-electron chi connectivity index (χ3n) is 2.91. The quantitative estimate of drug-likeness (QED) is 0.818. The minimum absolute atomic E-state index is 0.553. The van der Waals surface area contributed by atoms with Crippen LogP contribution in [-0.4, -0.2) is 23.6 Å². The molecule has 106 valence electrons. The normalized spacial score (nSPS) is 10.3. The molecule has 2 aromatic rings. The van der Waals surface area contributed by atoms with E-state index in [2.05, 4.69) is 16.9 Å². The van der Waals surface area contributed by atoms with Gasteiger partial charge in [-0.1, -0.05) is 25.1 Å². The van der Waals surface area contributed by atoms with E-state index in [0.29, 0.717) is 19.0 Å². The third kappa shape index (κ3) is 3.60. The Labute approximate surface area is 119 Å². The van der Waals surface area contributed by atoms with Gasteiger partial charge in [-0.25, -0.2) is 0 Å². The number of ether oxygens (including phenoxy) is 1. The molecule has 2 N–H and O–H groups in total. The van der Waals surface area contributed by atoms with Gasteiger partial charge < -0.3 is 15.4 Å². The van der Waals surface area contributed by atoms with Crippen LogP contribution >= 0.6 is 0 Å². The molecule has 0 amide bonds. The zero-order valence-electron chi connectivity index (χ0n) is 11.9. The fraction of sp³-hybridized carbons (Fsp3) is 0.333. The van der Waals surface area contributed by atoms with E-state index in [1.54, 1.807) is 12.4 Å². The Morgan fingerprint density at radius 2 is 2.05 bits per heavy atom. The van der Waals surface area contributed by atoms with Crippen molar-refractivity contribution in [2.24, 2.45) is 0 Å². The SMILES string of the molecule is CCCOc1cncc(N(C)Cc2ccccc2N)n1. The predicted octanol–water partition coefficient (Wildman–Crippen LogP) is 2.48. The Morgan fingerprint density at radius 3 is 2.80 bits per heavy atom. The van der Waals surface area contributed by atoms with E-state index in [1.165, 1.54) is 0 Å². The number of hydrogen-bond donors (Lipinski definition) is 1. The molecule has 0 fully saturated rings. The van der Waals surface area contributed by atoms with E-state index in [9.17, 15) is 0 Å². The van der Waals surface area contributed by atoms with Crippen molar-refractivity contribution in [3.63, 3.8) is 0 Å². The lowest BCUT2D eigenvalue weighted by atomic mass is 10.2. The summed E-state index contributed by atoms with van der Waals surface area (Å²) in [5.74, 6) is 1.32. The van der Waals surface area contributed by atoms with Crippen LogP contribution in [0.4, 0.5) is 11.5 Å². The summed E-state index contributed by atoms with van der Waals surface area (Å²) in [5, 5.41) is 0. The molecule has 0 atom stereocenters. The Morgan fingerprint density at radius 1 is 1.25 bits per heavy atom. The van der Waals surface area contributed by atoms with Gasteiger partial charge >= 0.3 is 0 Å². The van der Waals surface area contributed by atoms with E-state index in [4.69, 9.17) is 10.5 Å². The van der Waals surface area contributed by atoms with Gasteiger partial charge in [0.1, 0.15) is 0 Å². The van der Waals surface area contributed by atoms with Gasteiger partial charge in [-0.05, 0) is 18.1 Å². The molecule has 5 nitrogen and oxygen atoms in total. The summed E-state index contributed by atoms with van der Waals surface area (Å²) in [4.78, 5) is 10.6. The van der Waals surface area contributed by atoms with Crippen LogP contribution in [0.2, 0.25) is 0 Å². The van der Waals surface area contributed by atoms with Crippen molar-refractivity contribution in [1.82, 2.24) is 9.97 Å². The Balaban J connectivity index is 2.09. The second-order valence-electron chi connectivity index (χ2n) is 4.62. The second-order valence-corrected chi connectivity index (χ2v) is 4.62. The fourth-order valence-corrected chi connectivity index (χ4v) is 1.81. The first kappa shape index (κ1) is 14.1. The first-order chi connectivity index (χ1) is 9.70. The van der Waals surface area contributed by atoms with Gasteiger partial charge in [-0.15, -0.1) is 0 Å². The van der Waals surface area contributed by atoms with E-state index < -0.39 is 0 Å². The first-order valence-electron chi connectivity index (χ1n) is 6.70. The van der Waals surface area contributed by atoms with Crippen LogP contribution < -0.4 is 15.4 Å². The van der Waals surface area contributed by atoms with Crippen molar-refractivity contribution in [2.75, 3.05) is 24.3 Å². The molecule has 0 saturated heterocycles. The van der Waals surface area contributed by atoms with Gasteiger partial charge in [-0.2, -0.15) is 4.98 Å². The maximum absolute atomic E-state index is 5.96. The van der Waals surface area contributed by atoms with Crippen molar-refractivity contribution in [2.45, 2.75) is 19.9 Å². The zero-order valence-corrected chi connectivity index (χ0v) is 11.9. The summed E-state index contributed by atoms with van der Waals surface area (Å²) < 4.78 is 5.49. The van der Waals surface area contributed by atoms with Crippen LogP contribution in [-0.2, 0) is 6.54 Å². The first-order valence-corrected chi connectivity index (χ1v) is 6.70. The molecule has 1 aromatic carbocycles. The summed E-state index contributed by atoms with van der Waals surface area (Å²) in [5.41, 5.74) is 7.80. The molecule has 20 heavy (non-hydrogen) atoms. The van der Waals surface area contributed by atoms with Crippen LogP contribution in [0, 0.1) is 0 Å². The number of para-hydroxylation sites is 1. The molecule has 0 aliphatic carbocycles. The van der Waals surface area contributed by atoms with E-state index in [0.717, 1.165) is 23.5 Å². The standard InChI is InChI=1S/C15H20N4O/c1-3-8-20-15-10-17-9-14(18-15)19(2)11-12-6-4-5-7-13(12)16/h4-7,9-10H,3,8,11,16H2,1-2H3. The summed E-state index contributed by atoms with van der Waals surface area (Å²) in [6.07, 6.45) is 4.30. The van der Waals surface area contributed by atoms with Crippen LogP contribution in [0.5, 0.6) is 5.88 Å². The molecular formula is C15H20N4O. The molecule has 0 saturated carbocycles. The van der Waals surface area contributed by atoms with Crippen LogP contribution in [0.25, 0.3) is 0 Å². The average molecular weight is 272 g/mol. The Bertz CT molecular complexity index is 559. The number of nitrogens with two attached hydrogens (primary N) is 1. The minimum atomic E-state index is 0.553. The van der Waals surface area contributed by atoms with E-state index in [-0.39, 0.29) is 0 Å². The van der Waals surface area contributed by atoms with Crippen LogP contribution in [0.3, 0.4) is 0 Å². The highest BCUT2D eigenvalue weighted by Crippen LogP contribution is 2.18. The molecule has 0 bridgehead atoms. The van der Waals surface area contributed by atoms with Crippen molar-refractivity contribution < 1.29 is 4.74 Å². The molecule has 0 aliphatic rings. The summed E-state index contributed by atoms with van der Waals surface area (Å²) >= 11 is 0. The molecular weight excluding hydrogens is 252 g/mol. The highest BCUT2D eigenvalue weighted by molar-refractivity contribution is 5.49. The van der Waals surface area contributed by atoms with Crippen molar-refractivity contribution in [1.29, 1.82) is 0 Å². The van der Waals surface area contributed by atoms with Gasteiger partial charge in [0, 0.05) is 19.3 Å². The molecule has 0 aliphatic heterocycles. The van der Waals surface area contributed by atoms with Crippen LogP contribution in [0.15, 0.2) is 36.7 Å². The topological polar surface area (TPSA) is 64.3 Å². The number of benzene rings is 1. The van der Waals surface area contributed by atoms with E-state index >= 15 is 0 Å². The Hall–Kier alpha value is -2.30. The highest BCUT2D eigenvalue weighted by Gasteiger charge is 2.07. The Kier molecular flexibility index (Phi) is 4.76. The van der Waals surface area contributed by atoms with Gasteiger partial charge in [0.2, 0.25) is 5.88 Å². The zero-order chi connectivity index (χ0) is 14.4. The van der Waals surface area contributed by atoms with Gasteiger partial charge in [0.15, 0.2) is 5.82 Å². The fourth-order valence-electron chi connectivity index (χ4n) is 1.81. The molecule has 5 heteroatoms. The van der Waals surface area contributed by atoms with Gasteiger partial charge in [-0.3, -0.25) is 4.98 Å². The number of aromatic nitrogens is 2. The van der Waals surface area contributed by atoms with Crippen molar-refractivity contribution in [3.8, 4) is 5.88 Å². The van der Waals surface area contributed by atoms with Crippen molar-refractivity contribution in [3.05, 3.63) is 42.2 Å². The van der Waals surface area contributed by atoms with Gasteiger partial charge in [0.25, 0.3) is 0 Å². The monoisotopic (exact) mass is 272 g/mol. The number of nitrogen functional groups attached to an aromatic ring is 1. The molecule has 0 spiro atoms. The number of nitrogens with zero attached hydrogens (tertiary/aromatic N) is 3. The largest absolute Gasteiger partial charge is 0.477 e. The second kappa shape index (κ2) is 6.75. The third-order valence-corrected chi connectivity index (χ3v) is 2.91. The highest BCUT2D eigenvalue weighted by atomic mass is 16.5. The molecule has 0 radical (unpaired) electrons. The smallest absolute Gasteiger partial charge is 0.234 e. The lowest BCUT2D eigenvalue weighted by Gasteiger charge is -2.19. The minimum Gasteiger partial charge on any atom is -0.477 e. The van der Waals surface area contributed by atoms with Crippen molar-refractivity contribution >= 4 is 11.5 Å². The number of rotatable bonds is 6.